The molecule has 0 saturated heterocycles. The Balaban J connectivity index is 1.90. The van der Waals surface area contributed by atoms with Crippen LogP contribution in [0, 0.1) is 0 Å². The molecular formula is C12H11ClN4S. The molecule has 18 heavy (non-hydrogen) atoms. The standard InChI is InChI=1S/C12H11ClN4S/c1-2-17-7-9(6-14-17)15-12-16-10-4-3-8(13)5-11(10)18-12/h3-7H,2H2,1H3,(H,15,16). The van der Waals surface area contributed by atoms with Crippen molar-refractivity contribution < 1.29 is 0 Å². The van der Waals surface area contributed by atoms with Crippen molar-refractivity contribution in [2.75, 3.05) is 5.32 Å². The van der Waals surface area contributed by atoms with E-state index in [0.717, 1.165) is 32.6 Å². The fourth-order valence-electron chi connectivity index (χ4n) is 1.68. The molecule has 0 radical (unpaired) electrons. The van der Waals surface area contributed by atoms with Gasteiger partial charge in [-0.05, 0) is 25.1 Å². The summed E-state index contributed by atoms with van der Waals surface area (Å²) in [6, 6.07) is 5.70. The van der Waals surface area contributed by atoms with Gasteiger partial charge in [0.2, 0.25) is 0 Å². The summed E-state index contributed by atoms with van der Waals surface area (Å²) in [4.78, 5) is 4.50. The molecule has 2 aromatic heterocycles. The molecule has 0 saturated carbocycles. The van der Waals surface area contributed by atoms with Crippen LogP contribution >= 0.6 is 22.9 Å². The summed E-state index contributed by atoms with van der Waals surface area (Å²) in [5, 5.41) is 9.04. The number of thiazole rings is 1. The fraction of sp³-hybridized carbons (Fsp3) is 0.167. The van der Waals surface area contributed by atoms with E-state index in [1.807, 2.05) is 29.1 Å². The molecular weight excluding hydrogens is 268 g/mol. The summed E-state index contributed by atoms with van der Waals surface area (Å²) in [7, 11) is 0. The third-order valence-corrected chi connectivity index (χ3v) is 3.73. The first kappa shape index (κ1) is 11.5. The average molecular weight is 279 g/mol. The molecule has 0 spiro atoms. The number of hydrogen-bond acceptors (Lipinski definition) is 4. The van der Waals surface area contributed by atoms with Gasteiger partial charge < -0.3 is 5.32 Å². The van der Waals surface area contributed by atoms with E-state index in [-0.39, 0.29) is 0 Å². The molecule has 3 rings (SSSR count). The van der Waals surface area contributed by atoms with Gasteiger partial charge in [0.15, 0.2) is 5.13 Å². The Morgan fingerprint density at radius 3 is 3.11 bits per heavy atom. The number of nitrogens with one attached hydrogen (secondary N) is 1. The number of nitrogens with zero attached hydrogens (tertiary/aromatic N) is 3. The maximum Gasteiger partial charge on any atom is 0.188 e. The van der Waals surface area contributed by atoms with E-state index in [4.69, 9.17) is 11.6 Å². The lowest BCUT2D eigenvalue weighted by Crippen LogP contribution is -1.92. The Morgan fingerprint density at radius 2 is 2.33 bits per heavy atom. The van der Waals surface area contributed by atoms with Crippen LogP contribution in [0.5, 0.6) is 0 Å². The van der Waals surface area contributed by atoms with Crippen molar-refractivity contribution in [3.05, 3.63) is 35.6 Å². The van der Waals surface area contributed by atoms with Gasteiger partial charge in [0.1, 0.15) is 0 Å². The normalized spacial score (nSPS) is 11.0. The van der Waals surface area contributed by atoms with Gasteiger partial charge in [0.05, 0.1) is 22.1 Å². The van der Waals surface area contributed by atoms with Crippen LogP contribution in [-0.2, 0) is 6.54 Å². The largest absolute Gasteiger partial charge is 0.329 e. The third-order valence-electron chi connectivity index (χ3n) is 2.56. The molecule has 6 heteroatoms. The minimum Gasteiger partial charge on any atom is -0.329 e. The van der Waals surface area contributed by atoms with Gasteiger partial charge in [-0.3, -0.25) is 4.68 Å². The number of rotatable bonds is 3. The predicted octanol–water partition coefficient (Wildman–Crippen LogP) is 3.91. The molecule has 0 bridgehead atoms. The van der Waals surface area contributed by atoms with E-state index in [1.54, 1.807) is 17.5 Å². The van der Waals surface area contributed by atoms with Crippen molar-refractivity contribution in [1.82, 2.24) is 14.8 Å². The van der Waals surface area contributed by atoms with Crippen LogP contribution in [0.4, 0.5) is 10.8 Å². The van der Waals surface area contributed by atoms with Crippen LogP contribution in [0.15, 0.2) is 30.6 Å². The highest BCUT2D eigenvalue weighted by Gasteiger charge is 2.05. The second-order valence-corrected chi connectivity index (χ2v) is 5.31. The predicted molar refractivity (Wildman–Crippen MR) is 75.8 cm³/mol. The van der Waals surface area contributed by atoms with E-state index >= 15 is 0 Å². The van der Waals surface area contributed by atoms with E-state index in [1.165, 1.54) is 0 Å². The SMILES string of the molecule is CCn1cc(Nc2nc3ccc(Cl)cc3s2)cn1. The number of fused-ring (bicyclic) bond motifs is 1. The minimum atomic E-state index is 0.733. The second-order valence-electron chi connectivity index (χ2n) is 3.84. The number of aromatic nitrogens is 3. The molecule has 1 N–H and O–H groups in total. The van der Waals surface area contributed by atoms with Crippen LogP contribution in [0.1, 0.15) is 6.92 Å². The zero-order valence-electron chi connectivity index (χ0n) is 9.72. The van der Waals surface area contributed by atoms with Crippen LogP contribution in [0.3, 0.4) is 0 Å². The maximum absolute atomic E-state index is 5.96. The zero-order valence-corrected chi connectivity index (χ0v) is 11.3. The molecule has 4 nitrogen and oxygen atoms in total. The summed E-state index contributed by atoms with van der Waals surface area (Å²) in [5.41, 5.74) is 1.90. The number of hydrogen-bond donors (Lipinski definition) is 1. The van der Waals surface area contributed by atoms with Crippen LogP contribution in [-0.4, -0.2) is 14.8 Å². The minimum absolute atomic E-state index is 0.733. The van der Waals surface area contributed by atoms with Gasteiger partial charge in [0.25, 0.3) is 0 Å². The first-order chi connectivity index (χ1) is 8.74. The molecule has 0 aliphatic heterocycles. The smallest absolute Gasteiger partial charge is 0.188 e. The highest BCUT2D eigenvalue weighted by Crippen LogP contribution is 2.29. The Bertz CT molecular complexity index is 688. The molecule has 0 amide bonds. The first-order valence-corrected chi connectivity index (χ1v) is 6.79. The number of halogens is 1. The van der Waals surface area contributed by atoms with E-state index in [0.29, 0.717) is 0 Å². The summed E-state index contributed by atoms with van der Waals surface area (Å²) >= 11 is 7.53. The molecule has 0 fully saturated rings. The van der Waals surface area contributed by atoms with Crippen molar-refractivity contribution in [2.45, 2.75) is 13.5 Å². The summed E-state index contributed by atoms with van der Waals surface area (Å²) in [6.45, 7) is 2.91. The van der Waals surface area contributed by atoms with E-state index in [9.17, 15) is 0 Å². The molecule has 2 heterocycles. The monoisotopic (exact) mass is 278 g/mol. The quantitative estimate of drug-likeness (QED) is 0.790. The molecule has 0 atom stereocenters. The van der Waals surface area contributed by atoms with Gasteiger partial charge in [-0.15, -0.1) is 0 Å². The van der Waals surface area contributed by atoms with E-state index in [2.05, 4.69) is 22.3 Å². The summed E-state index contributed by atoms with van der Waals surface area (Å²) in [6.07, 6.45) is 3.75. The topological polar surface area (TPSA) is 42.7 Å². The highest BCUT2D eigenvalue weighted by molar-refractivity contribution is 7.22. The van der Waals surface area contributed by atoms with Crippen molar-refractivity contribution >= 4 is 44.0 Å². The Morgan fingerprint density at radius 1 is 1.44 bits per heavy atom. The van der Waals surface area contributed by atoms with Crippen LogP contribution < -0.4 is 5.32 Å². The molecule has 0 aliphatic carbocycles. The maximum atomic E-state index is 5.96. The Kier molecular flexibility index (Phi) is 2.93. The molecule has 0 aliphatic rings. The van der Waals surface area contributed by atoms with Gasteiger partial charge >= 0.3 is 0 Å². The lowest BCUT2D eigenvalue weighted by Gasteiger charge is -1.95. The summed E-state index contributed by atoms with van der Waals surface area (Å²) < 4.78 is 2.94. The van der Waals surface area contributed by atoms with Gasteiger partial charge in [0, 0.05) is 17.8 Å². The fourth-order valence-corrected chi connectivity index (χ4v) is 2.84. The number of aryl methyl sites for hydroxylation is 1. The van der Waals surface area contributed by atoms with Crippen LogP contribution in [0.2, 0.25) is 5.02 Å². The van der Waals surface area contributed by atoms with Gasteiger partial charge in [-0.25, -0.2) is 4.98 Å². The Labute approximate surface area is 113 Å². The van der Waals surface area contributed by atoms with E-state index < -0.39 is 0 Å². The molecule has 1 aromatic carbocycles. The third kappa shape index (κ3) is 2.19. The highest BCUT2D eigenvalue weighted by atomic mass is 35.5. The lowest BCUT2D eigenvalue weighted by atomic mass is 10.3. The second kappa shape index (κ2) is 4.59. The molecule has 92 valence electrons. The number of benzene rings is 1. The van der Waals surface area contributed by atoms with Gasteiger partial charge in [-0.1, -0.05) is 22.9 Å². The average Bonchev–Trinajstić information content (AvgIpc) is 2.95. The number of anilines is 2. The lowest BCUT2D eigenvalue weighted by molar-refractivity contribution is 0.660. The van der Waals surface area contributed by atoms with Crippen molar-refractivity contribution in [3.8, 4) is 0 Å². The van der Waals surface area contributed by atoms with Crippen molar-refractivity contribution in [2.24, 2.45) is 0 Å². The first-order valence-electron chi connectivity index (χ1n) is 5.60. The summed E-state index contributed by atoms with van der Waals surface area (Å²) in [5.74, 6) is 0. The van der Waals surface area contributed by atoms with Crippen molar-refractivity contribution in [1.29, 1.82) is 0 Å². The van der Waals surface area contributed by atoms with Crippen LogP contribution in [0.25, 0.3) is 10.2 Å². The molecule has 3 aromatic rings. The molecule has 0 unspecified atom stereocenters. The van der Waals surface area contributed by atoms with Crippen molar-refractivity contribution in [3.63, 3.8) is 0 Å². The van der Waals surface area contributed by atoms with Gasteiger partial charge in [-0.2, -0.15) is 5.10 Å². The Hall–Kier alpha value is -1.59. The zero-order chi connectivity index (χ0) is 12.5.